The fourth-order valence-electron chi connectivity index (χ4n) is 3.62. The molecule has 1 aliphatic heterocycles. The van der Waals surface area contributed by atoms with Crippen LogP contribution >= 0.6 is 0 Å². The summed E-state index contributed by atoms with van der Waals surface area (Å²) in [5.74, 6) is 0. The van der Waals surface area contributed by atoms with Gasteiger partial charge in [-0.2, -0.15) is 17.0 Å². The molecule has 128 valence electrons. The summed E-state index contributed by atoms with van der Waals surface area (Å²) in [5, 5.41) is 3.30. The van der Waals surface area contributed by atoms with Crippen molar-refractivity contribution in [1.29, 1.82) is 0 Å². The maximum atomic E-state index is 13.2. The van der Waals surface area contributed by atoms with E-state index in [4.69, 9.17) is 0 Å². The minimum absolute atomic E-state index is 0.137. The van der Waals surface area contributed by atoms with Gasteiger partial charge in [0.2, 0.25) is 0 Å². The lowest BCUT2D eigenvalue weighted by molar-refractivity contribution is 0.223. The molecule has 0 radical (unpaired) electrons. The van der Waals surface area contributed by atoms with E-state index in [1.807, 2.05) is 12.1 Å². The van der Waals surface area contributed by atoms with Crippen LogP contribution in [0.3, 0.4) is 0 Å². The van der Waals surface area contributed by atoms with Crippen LogP contribution in [0.1, 0.15) is 43.7 Å². The predicted octanol–water partition coefficient (Wildman–Crippen LogP) is 1.54. The molecule has 2 heterocycles. The standard InChI is InChI=1S/C16H26N4O2S/c1-19(15-7-3-2-4-8-15)23(21,22)20-11-10-18-13-16(20)14-6-5-9-17-12-14/h5-6,9,12,15-16,18H,2-4,7-8,10-11,13H2,1H3. The molecule has 7 heteroatoms. The monoisotopic (exact) mass is 338 g/mol. The highest BCUT2D eigenvalue weighted by Crippen LogP contribution is 2.30. The highest BCUT2D eigenvalue weighted by atomic mass is 32.2. The molecule has 1 N–H and O–H groups in total. The van der Waals surface area contributed by atoms with E-state index in [-0.39, 0.29) is 12.1 Å². The molecule has 1 saturated carbocycles. The Morgan fingerprint density at radius 3 is 2.78 bits per heavy atom. The molecule has 0 spiro atoms. The van der Waals surface area contributed by atoms with Crippen LogP contribution in [0.2, 0.25) is 0 Å². The van der Waals surface area contributed by atoms with Gasteiger partial charge in [0, 0.05) is 45.1 Å². The number of pyridine rings is 1. The van der Waals surface area contributed by atoms with Gasteiger partial charge < -0.3 is 5.32 Å². The number of nitrogens with one attached hydrogen (secondary N) is 1. The van der Waals surface area contributed by atoms with E-state index < -0.39 is 10.2 Å². The molecule has 23 heavy (non-hydrogen) atoms. The van der Waals surface area contributed by atoms with Gasteiger partial charge in [-0.3, -0.25) is 4.98 Å². The second-order valence-electron chi connectivity index (χ2n) is 6.43. The molecule has 6 nitrogen and oxygen atoms in total. The number of nitrogens with zero attached hydrogens (tertiary/aromatic N) is 3. The van der Waals surface area contributed by atoms with Crippen molar-refractivity contribution < 1.29 is 8.42 Å². The highest BCUT2D eigenvalue weighted by molar-refractivity contribution is 7.86. The molecule has 1 atom stereocenters. The van der Waals surface area contributed by atoms with Crippen LogP contribution in [-0.4, -0.2) is 54.7 Å². The third-order valence-electron chi connectivity index (χ3n) is 5.01. The Hall–Kier alpha value is -1.02. The van der Waals surface area contributed by atoms with Crippen LogP contribution in [0.15, 0.2) is 24.5 Å². The summed E-state index contributed by atoms with van der Waals surface area (Å²) in [5.41, 5.74) is 0.945. The zero-order valence-electron chi connectivity index (χ0n) is 13.7. The van der Waals surface area contributed by atoms with E-state index in [9.17, 15) is 8.42 Å². The van der Waals surface area contributed by atoms with Gasteiger partial charge in [0.25, 0.3) is 10.2 Å². The molecule has 1 aliphatic carbocycles. The number of rotatable bonds is 4. The molecule has 0 amide bonds. The fourth-order valence-corrected chi connectivity index (χ4v) is 5.38. The van der Waals surface area contributed by atoms with Crippen LogP contribution in [-0.2, 0) is 10.2 Å². The molecule has 1 aromatic heterocycles. The van der Waals surface area contributed by atoms with E-state index in [1.165, 1.54) is 6.42 Å². The fraction of sp³-hybridized carbons (Fsp3) is 0.688. The Bertz CT molecular complexity index is 602. The summed E-state index contributed by atoms with van der Waals surface area (Å²) in [6.45, 7) is 1.82. The van der Waals surface area contributed by atoms with Crippen molar-refractivity contribution in [2.24, 2.45) is 0 Å². The second-order valence-corrected chi connectivity index (χ2v) is 8.37. The smallest absolute Gasteiger partial charge is 0.282 e. The van der Waals surface area contributed by atoms with Crippen molar-refractivity contribution in [3.63, 3.8) is 0 Å². The van der Waals surface area contributed by atoms with Gasteiger partial charge in [-0.25, -0.2) is 0 Å². The molecule has 2 fully saturated rings. The van der Waals surface area contributed by atoms with Gasteiger partial charge >= 0.3 is 0 Å². The van der Waals surface area contributed by atoms with E-state index in [0.717, 1.165) is 31.2 Å². The van der Waals surface area contributed by atoms with Crippen molar-refractivity contribution in [1.82, 2.24) is 18.9 Å². The number of aromatic nitrogens is 1. The number of hydrogen-bond donors (Lipinski definition) is 1. The highest BCUT2D eigenvalue weighted by Gasteiger charge is 2.38. The third-order valence-corrected chi connectivity index (χ3v) is 7.07. The molecule has 1 unspecified atom stereocenters. The van der Waals surface area contributed by atoms with Crippen molar-refractivity contribution in [2.45, 2.75) is 44.2 Å². The molecule has 0 bridgehead atoms. The van der Waals surface area contributed by atoms with Gasteiger partial charge in [-0.05, 0) is 24.5 Å². The van der Waals surface area contributed by atoms with E-state index in [2.05, 4.69) is 10.3 Å². The number of piperazine rings is 1. The van der Waals surface area contributed by atoms with Crippen LogP contribution in [0, 0.1) is 0 Å². The van der Waals surface area contributed by atoms with Crippen LogP contribution in [0.4, 0.5) is 0 Å². The van der Waals surface area contributed by atoms with Gasteiger partial charge in [-0.1, -0.05) is 25.3 Å². The van der Waals surface area contributed by atoms with Gasteiger partial charge in [-0.15, -0.1) is 0 Å². The van der Waals surface area contributed by atoms with Gasteiger partial charge in [0.1, 0.15) is 0 Å². The SMILES string of the molecule is CN(C1CCCCC1)S(=O)(=O)N1CCNCC1c1cccnc1. The Morgan fingerprint density at radius 1 is 1.30 bits per heavy atom. The van der Waals surface area contributed by atoms with Crippen molar-refractivity contribution in [3.8, 4) is 0 Å². The average molecular weight is 338 g/mol. The Balaban J connectivity index is 1.83. The summed E-state index contributed by atoms with van der Waals surface area (Å²) < 4.78 is 29.6. The van der Waals surface area contributed by atoms with Gasteiger partial charge in [0.15, 0.2) is 0 Å². The number of hydrogen-bond acceptors (Lipinski definition) is 4. The first-order chi connectivity index (χ1) is 11.1. The third kappa shape index (κ3) is 3.57. The van der Waals surface area contributed by atoms with E-state index >= 15 is 0 Å². The van der Waals surface area contributed by atoms with E-state index in [0.29, 0.717) is 19.6 Å². The summed E-state index contributed by atoms with van der Waals surface area (Å²) in [6.07, 6.45) is 8.89. The first-order valence-corrected chi connectivity index (χ1v) is 9.86. The molecular weight excluding hydrogens is 312 g/mol. The normalized spacial score (nSPS) is 24.9. The lowest BCUT2D eigenvalue weighted by atomic mass is 9.96. The zero-order chi connectivity index (χ0) is 16.3. The lowest BCUT2D eigenvalue weighted by Crippen LogP contribution is -2.54. The Kier molecular flexibility index (Phi) is 5.31. The summed E-state index contributed by atoms with van der Waals surface area (Å²) >= 11 is 0. The van der Waals surface area contributed by atoms with Crippen LogP contribution < -0.4 is 5.32 Å². The topological polar surface area (TPSA) is 65.5 Å². The van der Waals surface area contributed by atoms with Crippen molar-refractivity contribution >= 4 is 10.2 Å². The summed E-state index contributed by atoms with van der Waals surface area (Å²) in [7, 11) is -1.72. The zero-order valence-corrected chi connectivity index (χ0v) is 14.5. The minimum Gasteiger partial charge on any atom is -0.313 e. The Labute approximate surface area is 139 Å². The predicted molar refractivity (Wildman–Crippen MR) is 90.1 cm³/mol. The lowest BCUT2D eigenvalue weighted by Gasteiger charge is -2.40. The molecule has 2 aliphatic rings. The van der Waals surface area contributed by atoms with Crippen molar-refractivity contribution in [2.75, 3.05) is 26.7 Å². The van der Waals surface area contributed by atoms with E-state index in [1.54, 1.807) is 28.1 Å². The molecular formula is C16H26N4O2S. The first kappa shape index (κ1) is 16.8. The minimum atomic E-state index is -3.46. The summed E-state index contributed by atoms with van der Waals surface area (Å²) in [6, 6.07) is 3.76. The Morgan fingerprint density at radius 2 is 2.09 bits per heavy atom. The second kappa shape index (κ2) is 7.25. The molecule has 3 rings (SSSR count). The van der Waals surface area contributed by atoms with Crippen LogP contribution in [0.25, 0.3) is 0 Å². The maximum Gasteiger partial charge on any atom is 0.282 e. The van der Waals surface area contributed by atoms with Crippen LogP contribution in [0.5, 0.6) is 0 Å². The maximum absolute atomic E-state index is 13.2. The molecule has 1 saturated heterocycles. The molecule has 1 aromatic rings. The van der Waals surface area contributed by atoms with Gasteiger partial charge in [0.05, 0.1) is 6.04 Å². The molecule has 0 aromatic carbocycles. The largest absolute Gasteiger partial charge is 0.313 e. The summed E-state index contributed by atoms with van der Waals surface area (Å²) in [4.78, 5) is 4.15. The quantitative estimate of drug-likeness (QED) is 0.904. The average Bonchev–Trinajstić information content (AvgIpc) is 2.62. The first-order valence-electron chi connectivity index (χ1n) is 8.46. The van der Waals surface area contributed by atoms with Crippen molar-refractivity contribution in [3.05, 3.63) is 30.1 Å².